The average Bonchev–Trinajstić information content (AvgIpc) is 2.27. The first-order chi connectivity index (χ1) is 8.39. The number of rotatable bonds is 5. The second-order valence-electron chi connectivity index (χ2n) is 4.33. The Morgan fingerprint density at radius 3 is 2.61 bits per heavy atom. The van der Waals surface area contributed by atoms with Gasteiger partial charge in [-0.1, -0.05) is 32.1 Å². The molecule has 0 spiro atoms. The Balaban J connectivity index is 2.48. The van der Waals surface area contributed by atoms with Crippen molar-refractivity contribution in [2.24, 2.45) is 5.92 Å². The topological polar surface area (TPSA) is 9.23 Å². The maximum Gasteiger partial charge on any atom is 0.416 e. The lowest BCUT2D eigenvalue weighted by atomic mass is 10.2. The molecule has 0 radical (unpaired) electrons. The van der Waals surface area contributed by atoms with Crippen molar-refractivity contribution in [2.45, 2.75) is 26.4 Å². The lowest BCUT2D eigenvalue weighted by Crippen LogP contribution is -2.05. The van der Waals surface area contributed by atoms with Gasteiger partial charge in [0, 0.05) is 0 Å². The average molecular weight is 258 g/mol. The molecular formula is C14H17F3O. The van der Waals surface area contributed by atoms with Gasteiger partial charge in [0.15, 0.2) is 0 Å². The summed E-state index contributed by atoms with van der Waals surface area (Å²) < 4.78 is 42.6. The van der Waals surface area contributed by atoms with Gasteiger partial charge in [-0.2, -0.15) is 13.2 Å². The predicted octanol–water partition coefficient (Wildman–Crippen LogP) is 4.69. The van der Waals surface area contributed by atoms with E-state index in [4.69, 9.17) is 4.74 Å². The number of allylic oxidation sites excluding steroid dienone is 1. The molecule has 0 aliphatic rings. The fourth-order valence-electron chi connectivity index (χ4n) is 1.38. The molecule has 1 rings (SSSR count). The number of halogens is 3. The molecule has 1 aromatic carbocycles. The van der Waals surface area contributed by atoms with Crippen LogP contribution in [0, 0.1) is 5.92 Å². The van der Waals surface area contributed by atoms with E-state index in [1.165, 1.54) is 12.1 Å². The first kappa shape index (κ1) is 14.6. The Kier molecular flexibility index (Phi) is 5.25. The quantitative estimate of drug-likeness (QED) is 0.550. The van der Waals surface area contributed by atoms with Crippen LogP contribution >= 0.6 is 0 Å². The van der Waals surface area contributed by atoms with Crippen LogP contribution in [0.2, 0.25) is 0 Å². The van der Waals surface area contributed by atoms with Crippen LogP contribution in [-0.2, 0) is 6.18 Å². The fourth-order valence-corrected chi connectivity index (χ4v) is 1.38. The molecule has 1 aromatic rings. The van der Waals surface area contributed by atoms with Crippen LogP contribution in [0.5, 0.6) is 5.75 Å². The first-order valence-electron chi connectivity index (χ1n) is 5.86. The Morgan fingerprint density at radius 2 is 2.00 bits per heavy atom. The van der Waals surface area contributed by atoms with Crippen LogP contribution in [0.3, 0.4) is 0 Å². The molecule has 0 saturated carbocycles. The van der Waals surface area contributed by atoms with E-state index in [0.717, 1.165) is 12.1 Å². The summed E-state index contributed by atoms with van der Waals surface area (Å²) in [7, 11) is 0. The summed E-state index contributed by atoms with van der Waals surface area (Å²) in [4.78, 5) is 0. The van der Waals surface area contributed by atoms with Crippen molar-refractivity contribution >= 4 is 0 Å². The van der Waals surface area contributed by atoms with E-state index >= 15 is 0 Å². The summed E-state index contributed by atoms with van der Waals surface area (Å²) in [5.41, 5.74) is -0.683. The summed E-state index contributed by atoms with van der Waals surface area (Å²) in [6.45, 7) is 4.50. The molecule has 0 saturated heterocycles. The molecule has 0 aliphatic carbocycles. The second kappa shape index (κ2) is 6.47. The second-order valence-corrected chi connectivity index (χ2v) is 4.33. The zero-order valence-corrected chi connectivity index (χ0v) is 10.5. The van der Waals surface area contributed by atoms with Gasteiger partial charge in [0.1, 0.15) is 5.75 Å². The van der Waals surface area contributed by atoms with Gasteiger partial charge in [-0.05, 0) is 30.5 Å². The van der Waals surface area contributed by atoms with Gasteiger partial charge < -0.3 is 4.74 Å². The van der Waals surface area contributed by atoms with E-state index in [9.17, 15) is 13.2 Å². The van der Waals surface area contributed by atoms with Crippen LogP contribution in [0.15, 0.2) is 36.4 Å². The molecule has 0 atom stereocenters. The number of hydrogen-bond acceptors (Lipinski definition) is 1. The van der Waals surface area contributed by atoms with E-state index in [0.29, 0.717) is 18.9 Å². The zero-order chi connectivity index (χ0) is 13.6. The highest BCUT2D eigenvalue weighted by atomic mass is 19.4. The molecule has 0 N–H and O–H groups in total. The molecule has 0 aliphatic heterocycles. The van der Waals surface area contributed by atoms with Gasteiger partial charge in [-0.25, -0.2) is 0 Å². The lowest BCUT2D eigenvalue weighted by molar-refractivity contribution is -0.137. The zero-order valence-electron chi connectivity index (χ0n) is 10.5. The van der Waals surface area contributed by atoms with Gasteiger partial charge >= 0.3 is 6.18 Å². The normalized spacial score (nSPS) is 12.3. The third kappa shape index (κ3) is 5.25. The summed E-state index contributed by atoms with van der Waals surface area (Å²) in [6, 6.07) is 4.93. The van der Waals surface area contributed by atoms with Gasteiger partial charge in [-0.3, -0.25) is 0 Å². The highest BCUT2D eigenvalue weighted by Gasteiger charge is 2.30. The maximum atomic E-state index is 12.4. The highest BCUT2D eigenvalue weighted by molar-refractivity contribution is 5.30. The summed E-state index contributed by atoms with van der Waals surface area (Å²) in [5, 5.41) is 0. The minimum absolute atomic E-state index is 0.253. The van der Waals surface area contributed by atoms with Gasteiger partial charge in [0.25, 0.3) is 0 Å². The van der Waals surface area contributed by atoms with Crippen molar-refractivity contribution in [1.29, 1.82) is 0 Å². The Bertz CT molecular complexity index is 394. The number of hydrogen-bond donors (Lipinski definition) is 0. The van der Waals surface area contributed by atoms with Crippen LogP contribution in [0.4, 0.5) is 13.2 Å². The molecule has 4 heteroatoms. The molecular weight excluding hydrogens is 241 g/mol. The summed E-state index contributed by atoms with van der Waals surface area (Å²) >= 11 is 0. The Labute approximate surface area is 105 Å². The number of alkyl halides is 3. The van der Waals surface area contributed by atoms with Crippen LogP contribution in [-0.4, -0.2) is 6.61 Å². The number of benzene rings is 1. The summed E-state index contributed by atoms with van der Waals surface area (Å²) in [5.74, 6) is 0.723. The van der Waals surface area contributed by atoms with Crippen LogP contribution in [0.25, 0.3) is 0 Å². The minimum Gasteiger partial charge on any atom is -0.493 e. The van der Waals surface area contributed by atoms with Crippen molar-refractivity contribution in [1.82, 2.24) is 0 Å². The van der Waals surface area contributed by atoms with E-state index in [1.54, 1.807) is 0 Å². The molecule has 100 valence electrons. The predicted molar refractivity (Wildman–Crippen MR) is 65.5 cm³/mol. The lowest BCUT2D eigenvalue weighted by Gasteiger charge is -2.09. The van der Waals surface area contributed by atoms with E-state index in [2.05, 4.69) is 13.8 Å². The largest absolute Gasteiger partial charge is 0.493 e. The third-order valence-corrected chi connectivity index (χ3v) is 2.24. The van der Waals surface area contributed by atoms with E-state index in [-0.39, 0.29) is 5.75 Å². The fraction of sp³-hybridized carbons (Fsp3) is 0.429. The first-order valence-corrected chi connectivity index (χ1v) is 5.86. The monoisotopic (exact) mass is 258 g/mol. The molecule has 1 nitrogen and oxygen atoms in total. The highest BCUT2D eigenvalue weighted by Crippen LogP contribution is 2.31. The Morgan fingerprint density at radius 1 is 1.28 bits per heavy atom. The maximum absolute atomic E-state index is 12.4. The SMILES string of the molecule is CC(C)/C=C/CCOc1cccc(C(F)(F)F)c1. The van der Waals surface area contributed by atoms with Crippen molar-refractivity contribution in [3.05, 3.63) is 42.0 Å². The van der Waals surface area contributed by atoms with Crippen LogP contribution in [0.1, 0.15) is 25.8 Å². The smallest absolute Gasteiger partial charge is 0.416 e. The van der Waals surface area contributed by atoms with Crippen molar-refractivity contribution in [3.8, 4) is 5.75 Å². The molecule has 0 heterocycles. The standard InChI is InChI=1S/C14H17F3O/c1-11(2)6-3-4-9-18-13-8-5-7-12(10-13)14(15,16)17/h3,5-8,10-11H,4,9H2,1-2H3/b6-3+. The molecule has 18 heavy (non-hydrogen) atoms. The van der Waals surface area contributed by atoms with Gasteiger partial charge in [0.2, 0.25) is 0 Å². The summed E-state index contributed by atoms with van der Waals surface area (Å²) in [6.07, 6.45) is 0.374. The third-order valence-electron chi connectivity index (χ3n) is 2.24. The van der Waals surface area contributed by atoms with Crippen molar-refractivity contribution < 1.29 is 17.9 Å². The van der Waals surface area contributed by atoms with Gasteiger partial charge in [0.05, 0.1) is 12.2 Å². The van der Waals surface area contributed by atoms with Crippen molar-refractivity contribution in [2.75, 3.05) is 6.61 Å². The molecule has 0 unspecified atom stereocenters. The Hall–Kier alpha value is -1.45. The van der Waals surface area contributed by atoms with E-state index < -0.39 is 11.7 Å². The molecule has 0 fully saturated rings. The molecule has 0 bridgehead atoms. The molecule has 0 amide bonds. The van der Waals surface area contributed by atoms with Crippen LogP contribution < -0.4 is 4.74 Å². The van der Waals surface area contributed by atoms with E-state index in [1.807, 2.05) is 12.2 Å². The minimum atomic E-state index is -4.32. The molecule has 0 aromatic heterocycles. The number of ether oxygens (including phenoxy) is 1. The van der Waals surface area contributed by atoms with Gasteiger partial charge in [-0.15, -0.1) is 0 Å². The van der Waals surface area contributed by atoms with Crippen molar-refractivity contribution in [3.63, 3.8) is 0 Å².